The summed E-state index contributed by atoms with van der Waals surface area (Å²) >= 11 is 1.27. The predicted octanol–water partition coefficient (Wildman–Crippen LogP) is 5.34. The highest BCUT2D eigenvalue weighted by Crippen LogP contribution is 2.29. The molecule has 5 rings (SSSR count). The van der Waals surface area contributed by atoms with Gasteiger partial charge in [-0.1, -0.05) is 78.9 Å². The van der Waals surface area contributed by atoms with Crippen LogP contribution < -0.4 is 10.6 Å². The lowest BCUT2D eigenvalue weighted by atomic mass is 9.98. The third kappa shape index (κ3) is 7.21. The molecule has 1 aliphatic rings. The lowest BCUT2D eigenvalue weighted by Crippen LogP contribution is -2.39. The Morgan fingerprint density at radius 1 is 0.925 bits per heavy atom. The van der Waals surface area contributed by atoms with E-state index in [1.165, 1.54) is 11.3 Å². The van der Waals surface area contributed by atoms with Crippen molar-refractivity contribution in [1.29, 1.82) is 0 Å². The highest BCUT2D eigenvalue weighted by atomic mass is 32.1. The van der Waals surface area contributed by atoms with Crippen molar-refractivity contribution in [3.8, 4) is 0 Å². The van der Waals surface area contributed by atoms with Crippen LogP contribution in [0.4, 0.5) is 5.13 Å². The molecule has 1 saturated carbocycles. The van der Waals surface area contributed by atoms with Crippen LogP contribution in [0.3, 0.4) is 0 Å². The third-order valence-corrected chi connectivity index (χ3v) is 7.70. The van der Waals surface area contributed by atoms with Crippen molar-refractivity contribution >= 4 is 34.2 Å². The molecule has 3 amide bonds. The molecule has 2 N–H and O–H groups in total. The van der Waals surface area contributed by atoms with Crippen molar-refractivity contribution in [2.45, 2.75) is 44.7 Å². The first-order chi connectivity index (χ1) is 19.5. The number of benzene rings is 3. The number of rotatable bonds is 11. The van der Waals surface area contributed by atoms with Gasteiger partial charge in [0.25, 0.3) is 5.91 Å². The predicted molar refractivity (Wildman–Crippen MR) is 157 cm³/mol. The van der Waals surface area contributed by atoms with Gasteiger partial charge in [0.2, 0.25) is 11.8 Å². The molecule has 8 heteroatoms. The fraction of sp³-hybridized carbons (Fsp3) is 0.250. The molecule has 0 bridgehead atoms. The van der Waals surface area contributed by atoms with E-state index in [0.717, 1.165) is 29.5 Å². The van der Waals surface area contributed by atoms with Crippen LogP contribution in [0.25, 0.3) is 0 Å². The van der Waals surface area contributed by atoms with Crippen molar-refractivity contribution in [2.24, 2.45) is 0 Å². The van der Waals surface area contributed by atoms with Gasteiger partial charge in [0.05, 0.1) is 18.2 Å². The number of hydrogen-bond donors (Lipinski definition) is 2. The molecule has 4 aromatic rings. The zero-order valence-corrected chi connectivity index (χ0v) is 23.2. The maximum Gasteiger partial charge on any atom is 0.254 e. The largest absolute Gasteiger partial charge is 0.349 e. The molecule has 7 nitrogen and oxygen atoms in total. The van der Waals surface area contributed by atoms with Gasteiger partial charge in [-0.05, 0) is 48.9 Å². The lowest BCUT2D eigenvalue weighted by molar-refractivity contribution is -0.121. The molecule has 1 unspecified atom stereocenters. The van der Waals surface area contributed by atoms with Gasteiger partial charge >= 0.3 is 0 Å². The Balaban J connectivity index is 1.18. The third-order valence-electron chi connectivity index (χ3n) is 6.90. The highest BCUT2D eigenvalue weighted by molar-refractivity contribution is 7.13. The number of hydrogen-bond acceptors (Lipinski definition) is 5. The molecule has 3 aromatic carbocycles. The Morgan fingerprint density at radius 2 is 1.60 bits per heavy atom. The van der Waals surface area contributed by atoms with E-state index in [-0.39, 0.29) is 42.8 Å². The lowest BCUT2D eigenvalue weighted by Gasteiger charge is -2.22. The Kier molecular flexibility index (Phi) is 8.66. The van der Waals surface area contributed by atoms with Gasteiger partial charge in [-0.15, -0.1) is 11.3 Å². The topological polar surface area (TPSA) is 91.4 Å². The molecule has 204 valence electrons. The number of aromatic nitrogens is 1. The maximum atomic E-state index is 13.2. The second-order valence-corrected chi connectivity index (χ2v) is 10.9. The Bertz CT molecular complexity index is 1470. The minimum Gasteiger partial charge on any atom is -0.349 e. The second-order valence-electron chi connectivity index (χ2n) is 10.1. The normalized spacial score (nSPS) is 13.3. The SMILES string of the molecule is Cc1ccccc1C(=O)N(CC(=O)Nc1nc(CC(=O)NC(Cc2ccccc2)c2ccccc2)cs1)C1CC1. The molecule has 1 aliphatic carbocycles. The summed E-state index contributed by atoms with van der Waals surface area (Å²) < 4.78 is 0. The van der Waals surface area contributed by atoms with E-state index < -0.39 is 0 Å². The minimum atomic E-state index is -0.300. The van der Waals surface area contributed by atoms with Crippen molar-refractivity contribution in [3.05, 3.63) is 118 Å². The molecule has 1 atom stereocenters. The molecule has 1 heterocycles. The van der Waals surface area contributed by atoms with Gasteiger partial charge < -0.3 is 15.5 Å². The molecule has 1 fully saturated rings. The van der Waals surface area contributed by atoms with E-state index in [1.807, 2.05) is 73.7 Å². The number of amides is 3. The first-order valence-corrected chi connectivity index (χ1v) is 14.3. The van der Waals surface area contributed by atoms with E-state index in [4.69, 9.17) is 0 Å². The van der Waals surface area contributed by atoms with Crippen molar-refractivity contribution in [2.75, 3.05) is 11.9 Å². The smallest absolute Gasteiger partial charge is 0.254 e. The summed E-state index contributed by atoms with van der Waals surface area (Å²) in [7, 11) is 0. The standard InChI is InChI=1S/C32H32N4O3S/c1-22-10-8-9-15-27(22)31(39)36(26-16-17-26)20-30(38)35-32-33-25(21-40-32)19-29(37)34-28(24-13-6-3-7-14-24)18-23-11-4-2-5-12-23/h2-15,21,26,28H,16-20H2,1H3,(H,34,37)(H,33,35,38). The Morgan fingerprint density at radius 3 is 2.30 bits per heavy atom. The monoisotopic (exact) mass is 552 g/mol. The van der Waals surface area contributed by atoms with Gasteiger partial charge in [-0.3, -0.25) is 14.4 Å². The second kappa shape index (κ2) is 12.7. The van der Waals surface area contributed by atoms with Crippen LogP contribution in [-0.2, 0) is 22.4 Å². The molecule has 0 spiro atoms. The average Bonchev–Trinajstić information content (AvgIpc) is 3.72. The summed E-state index contributed by atoms with van der Waals surface area (Å²) in [4.78, 5) is 45.1. The zero-order chi connectivity index (χ0) is 27.9. The van der Waals surface area contributed by atoms with Gasteiger partial charge in [-0.2, -0.15) is 0 Å². The number of carbonyl (C=O) groups is 3. The maximum absolute atomic E-state index is 13.2. The summed E-state index contributed by atoms with van der Waals surface area (Å²) in [6, 6.07) is 27.3. The molecule has 40 heavy (non-hydrogen) atoms. The number of nitrogens with zero attached hydrogens (tertiary/aromatic N) is 2. The van der Waals surface area contributed by atoms with Crippen LogP contribution >= 0.6 is 11.3 Å². The molecule has 1 aromatic heterocycles. The van der Waals surface area contributed by atoms with Gasteiger partial charge in [0.1, 0.15) is 6.54 Å². The van der Waals surface area contributed by atoms with E-state index in [2.05, 4.69) is 27.8 Å². The van der Waals surface area contributed by atoms with Crippen LogP contribution in [0.1, 0.15) is 51.6 Å². The van der Waals surface area contributed by atoms with Crippen molar-refractivity contribution < 1.29 is 14.4 Å². The zero-order valence-electron chi connectivity index (χ0n) is 22.4. The van der Waals surface area contributed by atoms with Crippen LogP contribution in [0, 0.1) is 6.92 Å². The van der Waals surface area contributed by atoms with E-state index in [0.29, 0.717) is 22.8 Å². The molecular formula is C32H32N4O3S. The van der Waals surface area contributed by atoms with Crippen LogP contribution in [0.5, 0.6) is 0 Å². The van der Waals surface area contributed by atoms with Gasteiger partial charge in [0, 0.05) is 17.0 Å². The number of carbonyl (C=O) groups excluding carboxylic acids is 3. The van der Waals surface area contributed by atoms with E-state index in [9.17, 15) is 14.4 Å². The number of thiazole rings is 1. The molecule has 0 aliphatic heterocycles. The first-order valence-electron chi connectivity index (χ1n) is 13.5. The average molecular weight is 553 g/mol. The van der Waals surface area contributed by atoms with Crippen molar-refractivity contribution in [3.63, 3.8) is 0 Å². The molecular weight excluding hydrogens is 520 g/mol. The van der Waals surface area contributed by atoms with E-state index >= 15 is 0 Å². The molecule has 0 saturated heterocycles. The van der Waals surface area contributed by atoms with Crippen LogP contribution in [-0.4, -0.2) is 40.2 Å². The van der Waals surface area contributed by atoms with Crippen molar-refractivity contribution in [1.82, 2.24) is 15.2 Å². The quantitative estimate of drug-likeness (QED) is 0.263. The summed E-state index contributed by atoms with van der Waals surface area (Å²) in [5, 5.41) is 8.16. The number of aryl methyl sites for hydroxylation is 1. The van der Waals surface area contributed by atoms with Gasteiger partial charge in [0.15, 0.2) is 5.13 Å². The van der Waals surface area contributed by atoms with E-state index in [1.54, 1.807) is 16.3 Å². The first kappa shape index (κ1) is 27.3. The number of nitrogens with one attached hydrogen (secondary N) is 2. The fourth-order valence-electron chi connectivity index (χ4n) is 4.68. The summed E-state index contributed by atoms with van der Waals surface area (Å²) in [6.45, 7) is 1.86. The fourth-order valence-corrected chi connectivity index (χ4v) is 5.40. The van der Waals surface area contributed by atoms with Crippen LogP contribution in [0.2, 0.25) is 0 Å². The molecule has 0 radical (unpaired) electrons. The minimum absolute atomic E-state index is 0.0362. The Labute approximate surface area is 238 Å². The summed E-state index contributed by atoms with van der Waals surface area (Å²) in [5.74, 6) is -0.571. The number of anilines is 1. The summed E-state index contributed by atoms with van der Waals surface area (Å²) in [5.41, 5.74) is 4.26. The van der Waals surface area contributed by atoms with Crippen LogP contribution in [0.15, 0.2) is 90.3 Å². The highest BCUT2D eigenvalue weighted by Gasteiger charge is 2.34. The summed E-state index contributed by atoms with van der Waals surface area (Å²) in [6.07, 6.45) is 2.57. The Hall–Kier alpha value is -4.30. The van der Waals surface area contributed by atoms with Gasteiger partial charge in [-0.25, -0.2) is 4.98 Å².